The van der Waals surface area contributed by atoms with Gasteiger partial charge < -0.3 is 4.74 Å². The Morgan fingerprint density at radius 3 is 2.41 bits per heavy atom. The zero-order chi connectivity index (χ0) is 19.8. The van der Waals surface area contributed by atoms with E-state index in [0.717, 1.165) is 30.0 Å². The fourth-order valence-corrected chi connectivity index (χ4v) is 3.33. The zero-order valence-corrected chi connectivity index (χ0v) is 15.0. The van der Waals surface area contributed by atoms with E-state index in [-0.39, 0.29) is 16.6 Å². The molecule has 1 aromatic carbocycles. The molecule has 0 unspecified atom stereocenters. The predicted molar refractivity (Wildman–Crippen MR) is 91.0 cm³/mol. The maximum atomic E-state index is 12.5. The molecule has 3 aromatic rings. The second kappa shape index (κ2) is 6.72. The smallest absolute Gasteiger partial charge is 0.406 e. The molecule has 0 radical (unpaired) electrons. The van der Waals surface area contributed by atoms with Gasteiger partial charge in [-0.1, -0.05) is 13.8 Å². The average molecular weight is 400 g/mol. The number of benzene rings is 1. The molecule has 0 atom stereocenters. The average Bonchev–Trinajstić information content (AvgIpc) is 2.99. The lowest BCUT2D eigenvalue weighted by molar-refractivity contribution is -0.274. The molecule has 0 saturated carbocycles. The summed E-state index contributed by atoms with van der Waals surface area (Å²) in [6.45, 7) is 3.88. The van der Waals surface area contributed by atoms with E-state index in [9.17, 15) is 21.6 Å². The number of anilines is 1. The fourth-order valence-electron chi connectivity index (χ4n) is 2.29. The van der Waals surface area contributed by atoms with Crippen LogP contribution in [0.1, 0.15) is 25.5 Å². The van der Waals surface area contributed by atoms with Gasteiger partial charge in [0.15, 0.2) is 5.65 Å². The normalized spacial score (nSPS) is 12.5. The van der Waals surface area contributed by atoms with Crippen LogP contribution in [0.5, 0.6) is 5.75 Å². The number of rotatable bonds is 5. The molecule has 0 aliphatic rings. The number of nitrogens with one attached hydrogen (secondary N) is 1. The summed E-state index contributed by atoms with van der Waals surface area (Å²) in [5.74, 6) is -0.235. The summed E-state index contributed by atoms with van der Waals surface area (Å²) in [6.07, 6.45) is -3.42. The molecule has 0 aliphatic heterocycles. The van der Waals surface area contributed by atoms with Crippen LogP contribution in [-0.4, -0.2) is 29.4 Å². The van der Waals surface area contributed by atoms with Crippen molar-refractivity contribution in [3.63, 3.8) is 0 Å². The van der Waals surface area contributed by atoms with Gasteiger partial charge in [-0.3, -0.25) is 4.72 Å². The first-order chi connectivity index (χ1) is 12.5. The molecule has 0 spiro atoms. The molecule has 144 valence electrons. The summed E-state index contributed by atoms with van der Waals surface area (Å²) in [7, 11) is -4.05. The van der Waals surface area contributed by atoms with Crippen molar-refractivity contribution >= 4 is 21.5 Å². The molecular formula is C16H15F3N4O3S. The number of aromatic nitrogens is 3. The molecule has 3 rings (SSSR count). The first-order valence-corrected chi connectivity index (χ1v) is 9.27. The van der Waals surface area contributed by atoms with E-state index in [1.807, 2.05) is 13.8 Å². The minimum atomic E-state index is -4.85. The van der Waals surface area contributed by atoms with Gasteiger partial charge in [0.05, 0.1) is 10.6 Å². The molecule has 0 saturated heterocycles. The van der Waals surface area contributed by atoms with Crippen molar-refractivity contribution in [2.24, 2.45) is 0 Å². The van der Waals surface area contributed by atoms with E-state index in [4.69, 9.17) is 0 Å². The van der Waals surface area contributed by atoms with Crippen molar-refractivity contribution in [3.8, 4) is 5.75 Å². The van der Waals surface area contributed by atoms with Gasteiger partial charge in [-0.2, -0.15) is 9.61 Å². The van der Waals surface area contributed by atoms with Crippen LogP contribution in [0.4, 0.5) is 19.0 Å². The van der Waals surface area contributed by atoms with Crippen LogP contribution >= 0.6 is 0 Å². The quantitative estimate of drug-likeness (QED) is 0.708. The summed E-state index contributed by atoms with van der Waals surface area (Å²) in [6, 6.07) is 7.06. The number of hydrogen-bond acceptors (Lipinski definition) is 5. The summed E-state index contributed by atoms with van der Waals surface area (Å²) >= 11 is 0. The van der Waals surface area contributed by atoms with Gasteiger partial charge in [0, 0.05) is 12.3 Å². The molecule has 2 aromatic heterocycles. The third kappa shape index (κ3) is 4.30. The highest BCUT2D eigenvalue weighted by Crippen LogP contribution is 2.25. The summed E-state index contributed by atoms with van der Waals surface area (Å²) < 4.78 is 69.2. The lowest BCUT2D eigenvalue weighted by atomic mass is 10.1. The Balaban J connectivity index is 1.89. The molecule has 0 aliphatic carbocycles. The standard InChI is InChI=1S/C16H15F3N4O3S/c1-10(2)13-9-15-20-8-7-14(23(15)21-13)22-27(24,25)12-5-3-11(4-6-12)26-16(17,18)19/h3-10,22H,1-2H3. The minimum absolute atomic E-state index is 0.123. The van der Waals surface area contributed by atoms with Crippen LogP contribution in [0, 0.1) is 0 Å². The van der Waals surface area contributed by atoms with Crippen LogP contribution in [0.15, 0.2) is 47.5 Å². The van der Waals surface area contributed by atoms with Crippen LogP contribution in [-0.2, 0) is 10.0 Å². The van der Waals surface area contributed by atoms with Gasteiger partial charge in [0.25, 0.3) is 10.0 Å². The monoisotopic (exact) mass is 400 g/mol. The highest BCUT2D eigenvalue weighted by atomic mass is 32.2. The third-order valence-corrected chi connectivity index (χ3v) is 4.95. The minimum Gasteiger partial charge on any atom is -0.406 e. The second-order valence-corrected chi connectivity index (χ2v) is 7.63. The van der Waals surface area contributed by atoms with Crippen LogP contribution in [0.25, 0.3) is 5.65 Å². The Hall–Kier alpha value is -2.82. The first-order valence-electron chi connectivity index (χ1n) is 7.78. The van der Waals surface area contributed by atoms with Gasteiger partial charge in [-0.25, -0.2) is 13.4 Å². The van der Waals surface area contributed by atoms with Crippen molar-refractivity contribution in [3.05, 3.63) is 48.3 Å². The van der Waals surface area contributed by atoms with E-state index in [0.29, 0.717) is 5.65 Å². The molecular weight excluding hydrogens is 385 g/mol. The highest BCUT2D eigenvalue weighted by molar-refractivity contribution is 7.92. The van der Waals surface area contributed by atoms with Crippen molar-refractivity contribution in [1.29, 1.82) is 0 Å². The topological polar surface area (TPSA) is 85.6 Å². The molecule has 7 nitrogen and oxygen atoms in total. The number of sulfonamides is 1. The van der Waals surface area contributed by atoms with Gasteiger partial charge in [0.2, 0.25) is 0 Å². The zero-order valence-electron chi connectivity index (χ0n) is 14.2. The van der Waals surface area contributed by atoms with Crippen molar-refractivity contribution in [1.82, 2.24) is 14.6 Å². The lowest BCUT2D eigenvalue weighted by Crippen LogP contribution is -2.18. The molecule has 0 bridgehead atoms. The number of hydrogen-bond donors (Lipinski definition) is 1. The van der Waals surface area contributed by atoms with Crippen LogP contribution in [0.3, 0.4) is 0 Å². The Morgan fingerprint density at radius 1 is 1.15 bits per heavy atom. The molecule has 0 amide bonds. The SMILES string of the molecule is CC(C)c1cc2nccc(NS(=O)(=O)c3ccc(OC(F)(F)F)cc3)n2n1. The number of nitrogens with zero attached hydrogens (tertiary/aromatic N) is 3. The van der Waals surface area contributed by atoms with Gasteiger partial charge >= 0.3 is 6.36 Å². The largest absolute Gasteiger partial charge is 0.573 e. The number of fused-ring (bicyclic) bond motifs is 1. The Morgan fingerprint density at radius 2 is 1.81 bits per heavy atom. The lowest BCUT2D eigenvalue weighted by Gasteiger charge is -2.11. The third-order valence-electron chi connectivity index (χ3n) is 3.57. The van der Waals surface area contributed by atoms with Gasteiger partial charge in [-0.15, -0.1) is 13.2 Å². The Kier molecular flexibility index (Phi) is 4.72. The molecule has 2 heterocycles. The van der Waals surface area contributed by atoms with Crippen LogP contribution < -0.4 is 9.46 Å². The first kappa shape index (κ1) is 19.0. The fraction of sp³-hybridized carbons (Fsp3) is 0.250. The van der Waals surface area contributed by atoms with Crippen molar-refractivity contribution in [2.75, 3.05) is 4.72 Å². The van der Waals surface area contributed by atoms with E-state index in [2.05, 4.69) is 19.5 Å². The van der Waals surface area contributed by atoms with E-state index >= 15 is 0 Å². The summed E-state index contributed by atoms with van der Waals surface area (Å²) in [5, 5.41) is 4.33. The number of halogens is 3. The van der Waals surface area contributed by atoms with E-state index in [1.54, 1.807) is 6.07 Å². The van der Waals surface area contributed by atoms with E-state index in [1.165, 1.54) is 16.8 Å². The number of ether oxygens (including phenoxy) is 1. The number of alkyl halides is 3. The molecule has 11 heteroatoms. The van der Waals surface area contributed by atoms with E-state index < -0.39 is 22.1 Å². The van der Waals surface area contributed by atoms with Gasteiger partial charge in [0.1, 0.15) is 11.6 Å². The van der Waals surface area contributed by atoms with Crippen molar-refractivity contribution < 1.29 is 26.3 Å². The van der Waals surface area contributed by atoms with Crippen LogP contribution in [0.2, 0.25) is 0 Å². The summed E-state index contributed by atoms with van der Waals surface area (Å²) in [4.78, 5) is 3.91. The maximum absolute atomic E-state index is 12.5. The Bertz CT molecular complexity index is 1060. The van der Waals surface area contributed by atoms with Crippen molar-refractivity contribution in [2.45, 2.75) is 31.0 Å². The van der Waals surface area contributed by atoms with Gasteiger partial charge in [-0.05, 0) is 36.2 Å². The molecule has 0 fully saturated rings. The summed E-state index contributed by atoms with van der Waals surface area (Å²) in [5.41, 5.74) is 1.20. The second-order valence-electron chi connectivity index (χ2n) is 5.95. The maximum Gasteiger partial charge on any atom is 0.573 e. The highest BCUT2D eigenvalue weighted by Gasteiger charge is 2.31. The molecule has 27 heavy (non-hydrogen) atoms. The Labute approximate surface area is 152 Å². The molecule has 1 N–H and O–H groups in total. The predicted octanol–water partition coefficient (Wildman–Crippen LogP) is 3.55.